The highest BCUT2D eigenvalue weighted by Gasteiger charge is 2.79. The van der Waals surface area contributed by atoms with Crippen molar-refractivity contribution in [2.24, 2.45) is 17.8 Å². The first kappa shape index (κ1) is 62.9. The number of hydrogen-bond acceptors (Lipinski definition) is 17. The summed E-state index contributed by atoms with van der Waals surface area (Å²) in [5.74, 6) is -3.03. The van der Waals surface area contributed by atoms with Crippen LogP contribution < -0.4 is 14.2 Å². The van der Waals surface area contributed by atoms with Gasteiger partial charge in [0, 0.05) is 96.6 Å². The molecule has 0 bridgehead atoms. The third-order valence-electron chi connectivity index (χ3n) is 19.4. The third kappa shape index (κ3) is 9.00. The summed E-state index contributed by atoms with van der Waals surface area (Å²) in [5.41, 5.74) is -4.47. The Labute approximate surface area is 551 Å². The molecule has 6 aliphatic rings. The molecule has 92 heavy (non-hydrogen) atoms. The van der Waals surface area contributed by atoms with Gasteiger partial charge in [-0.15, -0.1) is 0 Å². The molecule has 0 radical (unpaired) electrons. The summed E-state index contributed by atoms with van der Waals surface area (Å²) in [6, 6.07) is 57.9. The predicted octanol–water partition coefficient (Wildman–Crippen LogP) is 9.44. The van der Waals surface area contributed by atoms with Gasteiger partial charge in [-0.2, -0.15) is 10.5 Å². The van der Waals surface area contributed by atoms with Crippen molar-refractivity contribution >= 4 is 50.7 Å². The van der Waals surface area contributed by atoms with Crippen molar-refractivity contribution in [1.29, 1.82) is 10.5 Å². The quantitative estimate of drug-likeness (QED) is 0.0650. The van der Waals surface area contributed by atoms with Gasteiger partial charge >= 0.3 is 0 Å². The SMILES string of the molecule is N#Cc1ccc([C@@]23Oc4cc(Cl)cnc4[C@]2(O)[C@H](O)[C@H](CO)[C@H]3c2ccccc2)cc1.N#Cc1ccc([C@@]23Oc4cc(Cl)cnc4[C@]2(O)[C@H](O)[C@H](CO)[C@H]3c2ccccc2)cc1.OC[C@H]1[C@@H](O)[C@@]2(O)c3ncc(Cl)cc3O[C@@]2(c2ccc(Br)cc2)[C@@H]1c1ccccc1. The highest BCUT2D eigenvalue weighted by atomic mass is 79.9. The molecule has 9 N–H and O–H groups in total. The van der Waals surface area contributed by atoms with Gasteiger partial charge in [-0.05, 0) is 69.8 Å². The minimum absolute atomic E-state index is 0.172. The third-order valence-corrected chi connectivity index (χ3v) is 20.6. The summed E-state index contributed by atoms with van der Waals surface area (Å²) in [5, 5.41) is 121. The highest BCUT2D eigenvalue weighted by molar-refractivity contribution is 9.10. The van der Waals surface area contributed by atoms with Crippen LogP contribution in [0.15, 0.2) is 205 Å². The molecule has 15 rings (SSSR count). The molecule has 15 atom stereocenters. The van der Waals surface area contributed by atoms with Crippen LogP contribution in [0.2, 0.25) is 15.1 Å². The van der Waals surface area contributed by atoms with Gasteiger partial charge in [0.05, 0.1) is 56.6 Å². The summed E-state index contributed by atoms with van der Waals surface area (Å²) in [7, 11) is 0. The van der Waals surface area contributed by atoms with E-state index in [1.807, 2.05) is 115 Å². The second-order valence-electron chi connectivity index (χ2n) is 23.7. The van der Waals surface area contributed by atoms with Crippen LogP contribution >= 0.6 is 50.7 Å². The lowest BCUT2D eigenvalue weighted by atomic mass is 9.71. The zero-order valence-electron chi connectivity index (χ0n) is 48.4. The van der Waals surface area contributed by atoms with E-state index in [0.29, 0.717) is 48.6 Å². The van der Waals surface area contributed by atoms with Crippen molar-refractivity contribution in [2.75, 3.05) is 19.8 Å². The average molecular weight is 1360 g/mol. The topological polar surface area (TPSA) is 296 Å². The van der Waals surface area contributed by atoms with Crippen molar-refractivity contribution in [3.63, 3.8) is 0 Å². The van der Waals surface area contributed by atoms with Crippen LogP contribution in [-0.4, -0.2) is 99.0 Å². The van der Waals surface area contributed by atoms with Gasteiger partial charge in [0.25, 0.3) is 0 Å². The molecule has 6 aromatic carbocycles. The van der Waals surface area contributed by atoms with Crippen LogP contribution in [0.1, 0.15) is 79.3 Å². The van der Waals surface area contributed by atoms with Gasteiger partial charge in [0.1, 0.15) is 34.3 Å². The predicted molar refractivity (Wildman–Crippen MR) is 340 cm³/mol. The van der Waals surface area contributed by atoms with Crippen LogP contribution in [-0.2, 0) is 33.6 Å². The fraction of sp³-hybridized carbons (Fsp3) is 0.254. The molecule has 466 valence electrons. The number of fused-ring (bicyclic) bond motifs is 9. The number of nitrogens with zero attached hydrogens (tertiary/aromatic N) is 5. The van der Waals surface area contributed by atoms with Crippen LogP contribution in [0.25, 0.3) is 0 Å². The van der Waals surface area contributed by atoms with Gasteiger partial charge in [-0.25, -0.2) is 0 Å². The smallest absolute Gasteiger partial charge is 0.181 e. The van der Waals surface area contributed by atoms with Gasteiger partial charge in [0.2, 0.25) is 0 Å². The van der Waals surface area contributed by atoms with Gasteiger partial charge in [-0.1, -0.05) is 178 Å². The molecular formula is C71H57BrCl3N5O12. The van der Waals surface area contributed by atoms with E-state index in [0.717, 1.165) is 21.2 Å². The van der Waals surface area contributed by atoms with E-state index in [-0.39, 0.29) is 48.4 Å². The molecule has 6 heterocycles. The van der Waals surface area contributed by atoms with Crippen molar-refractivity contribution in [3.05, 3.63) is 282 Å². The van der Waals surface area contributed by atoms with Crippen LogP contribution in [0.3, 0.4) is 0 Å². The fourth-order valence-electron chi connectivity index (χ4n) is 15.7. The second kappa shape index (κ2) is 23.9. The first-order chi connectivity index (χ1) is 44.4. The van der Waals surface area contributed by atoms with Crippen LogP contribution in [0, 0.1) is 40.4 Å². The summed E-state index contributed by atoms with van der Waals surface area (Å²) in [6.45, 7) is -1.06. The van der Waals surface area contributed by atoms with E-state index in [1.165, 1.54) is 18.6 Å². The maximum absolute atomic E-state index is 12.1. The summed E-state index contributed by atoms with van der Waals surface area (Å²) in [6.07, 6.45) is 0.170. The van der Waals surface area contributed by atoms with Gasteiger partial charge < -0.3 is 60.2 Å². The van der Waals surface area contributed by atoms with E-state index < -0.39 is 87.4 Å². The molecule has 3 aliphatic carbocycles. The van der Waals surface area contributed by atoms with E-state index in [1.54, 1.807) is 66.7 Å². The Balaban J connectivity index is 0.000000126. The lowest BCUT2D eigenvalue weighted by molar-refractivity contribution is -0.154. The van der Waals surface area contributed by atoms with Crippen molar-refractivity contribution in [3.8, 4) is 29.4 Å². The Morgan fingerprint density at radius 3 is 0.924 bits per heavy atom. The number of aliphatic hydroxyl groups is 9. The van der Waals surface area contributed by atoms with Crippen molar-refractivity contribution < 1.29 is 60.2 Å². The lowest BCUT2D eigenvalue weighted by Crippen LogP contribution is -2.52. The van der Waals surface area contributed by atoms with Crippen LogP contribution in [0.4, 0.5) is 0 Å². The second-order valence-corrected chi connectivity index (χ2v) is 26.0. The summed E-state index contributed by atoms with van der Waals surface area (Å²) in [4.78, 5) is 13.0. The Bertz CT molecular complexity index is 4150. The monoisotopic (exact) mass is 1360 g/mol. The molecule has 21 heteroatoms. The molecule has 3 fully saturated rings. The first-order valence-electron chi connectivity index (χ1n) is 29.4. The van der Waals surface area contributed by atoms with E-state index >= 15 is 0 Å². The molecule has 3 saturated carbocycles. The number of aromatic nitrogens is 3. The molecule has 0 amide bonds. The van der Waals surface area contributed by atoms with Gasteiger partial charge in [-0.3, -0.25) is 15.0 Å². The normalized spacial score (nSPS) is 31.2. The standard InChI is InChI=1S/2C24H19ClN2O4.C23H19BrClNO4/c2*25-17-10-19-21(27-12-17)23(30)22(29)18(13-28)20(15-4-2-1-3-5-15)24(23,31-19)16-8-6-14(11-26)7-9-16;24-15-8-6-14(7-9-15)23-19(13-4-2-1-3-5-13)17(12-27)21(28)22(23,29)20-18(30-23)10-16(25)11-26-20/h2*1-10,12,18,20,22,28-30H,13H2;1-11,17,19,21,27-29H,12H2/t2*18-,20-,22-,23+,24+;17-,19-,21-,22+,23+/m111/s1. The minimum atomic E-state index is -1.95. The Morgan fingerprint density at radius 2 is 0.674 bits per heavy atom. The molecular weight excluding hydrogens is 1300 g/mol. The molecule has 0 spiro atoms. The lowest BCUT2D eigenvalue weighted by Gasteiger charge is -2.40. The van der Waals surface area contributed by atoms with Crippen molar-refractivity contribution in [2.45, 2.75) is 69.7 Å². The minimum Gasteiger partial charge on any atom is -0.476 e. The number of benzene rings is 6. The summed E-state index contributed by atoms with van der Waals surface area (Å²) < 4.78 is 20.3. The largest absolute Gasteiger partial charge is 0.476 e. The van der Waals surface area contributed by atoms with E-state index in [9.17, 15) is 56.5 Å². The molecule has 0 saturated heterocycles. The zero-order valence-corrected chi connectivity index (χ0v) is 52.2. The maximum atomic E-state index is 12.1. The number of hydrogen-bond donors (Lipinski definition) is 9. The maximum Gasteiger partial charge on any atom is 0.181 e. The van der Waals surface area contributed by atoms with E-state index in [4.69, 9.17) is 49.0 Å². The number of aliphatic hydroxyl groups excluding tert-OH is 6. The molecule has 3 aromatic heterocycles. The number of pyridine rings is 3. The van der Waals surface area contributed by atoms with Crippen molar-refractivity contribution in [1.82, 2.24) is 15.0 Å². The highest BCUT2D eigenvalue weighted by Crippen LogP contribution is 2.71. The molecule has 9 aromatic rings. The van der Waals surface area contributed by atoms with E-state index in [2.05, 4.69) is 43.0 Å². The number of ether oxygens (including phenoxy) is 3. The molecule has 0 unspecified atom stereocenters. The Morgan fingerprint density at radius 1 is 0.413 bits per heavy atom. The number of nitriles is 2. The Hall–Kier alpha value is -7.86. The first-order valence-corrected chi connectivity index (χ1v) is 31.3. The van der Waals surface area contributed by atoms with Gasteiger partial charge in [0.15, 0.2) is 33.6 Å². The fourth-order valence-corrected chi connectivity index (χ4v) is 16.4. The number of rotatable bonds is 9. The molecule has 17 nitrogen and oxygen atoms in total. The average Bonchev–Trinajstić information content (AvgIpc) is 1.52. The summed E-state index contributed by atoms with van der Waals surface area (Å²) >= 11 is 21.9. The van der Waals surface area contributed by atoms with Crippen LogP contribution in [0.5, 0.6) is 17.2 Å². The Kier molecular flexibility index (Phi) is 16.4. The zero-order chi connectivity index (χ0) is 64.7. The number of halogens is 4. The molecule has 3 aliphatic heterocycles.